The first-order valence-electron chi connectivity index (χ1n) is 9.75. The lowest BCUT2D eigenvalue weighted by atomic mass is 9.89. The topological polar surface area (TPSA) is 29.1 Å². The first kappa shape index (κ1) is 19.0. The fourth-order valence-corrected chi connectivity index (χ4v) is 4.41. The maximum absolute atomic E-state index is 12.7. The van der Waals surface area contributed by atoms with Crippen LogP contribution in [0.5, 0.6) is 0 Å². The van der Waals surface area contributed by atoms with E-state index in [1.54, 1.807) is 11.8 Å². The molecule has 2 nitrogen and oxygen atoms in total. The van der Waals surface area contributed by atoms with Gasteiger partial charge in [-0.2, -0.15) is 0 Å². The molecule has 1 aliphatic carbocycles. The second kappa shape index (κ2) is 9.27. The predicted octanol–water partition coefficient (Wildman–Crippen LogP) is 5.45. The van der Waals surface area contributed by atoms with E-state index >= 15 is 0 Å². The smallest absolute Gasteiger partial charge is 0.233 e. The summed E-state index contributed by atoms with van der Waals surface area (Å²) in [4.78, 5) is 12.7. The summed E-state index contributed by atoms with van der Waals surface area (Å²) in [6.07, 6.45) is 5.88. The van der Waals surface area contributed by atoms with Crippen LogP contribution < -0.4 is 5.32 Å². The SMILES string of the molecule is CCC(NC(=O)C(C)SCc1ccccc1)c1ccc2c(c1)CCCC2. The number of aryl methyl sites for hydroxylation is 2. The summed E-state index contributed by atoms with van der Waals surface area (Å²) in [5.41, 5.74) is 5.49. The van der Waals surface area contributed by atoms with Gasteiger partial charge in [-0.1, -0.05) is 55.5 Å². The molecule has 2 aromatic carbocycles. The van der Waals surface area contributed by atoms with Crippen LogP contribution in [0.2, 0.25) is 0 Å². The highest BCUT2D eigenvalue weighted by Crippen LogP contribution is 2.26. The first-order chi connectivity index (χ1) is 12.7. The minimum absolute atomic E-state index is 0.0538. The monoisotopic (exact) mass is 367 g/mol. The number of carbonyl (C=O) groups excluding carboxylic acids is 1. The number of fused-ring (bicyclic) bond motifs is 1. The van der Waals surface area contributed by atoms with Crippen molar-refractivity contribution in [2.75, 3.05) is 0 Å². The standard InChI is InChI=1S/C23H29NOS/c1-3-22(21-14-13-19-11-7-8-12-20(19)15-21)24-23(25)17(2)26-16-18-9-5-4-6-10-18/h4-6,9-10,13-15,17,22H,3,7-8,11-12,16H2,1-2H3,(H,24,25). The van der Waals surface area contributed by atoms with Crippen LogP contribution in [0, 0.1) is 0 Å². The molecule has 1 amide bonds. The molecule has 0 spiro atoms. The van der Waals surface area contributed by atoms with E-state index in [4.69, 9.17) is 0 Å². The van der Waals surface area contributed by atoms with E-state index in [0.29, 0.717) is 0 Å². The Hall–Kier alpha value is -1.74. The average Bonchev–Trinajstić information content (AvgIpc) is 2.70. The van der Waals surface area contributed by atoms with E-state index < -0.39 is 0 Å². The second-order valence-corrected chi connectivity index (χ2v) is 8.47. The molecule has 0 saturated carbocycles. The highest BCUT2D eigenvalue weighted by molar-refractivity contribution is 7.99. The van der Waals surface area contributed by atoms with Gasteiger partial charge in [0.05, 0.1) is 11.3 Å². The number of benzene rings is 2. The minimum Gasteiger partial charge on any atom is -0.348 e. The zero-order valence-electron chi connectivity index (χ0n) is 15.8. The molecular formula is C23H29NOS. The normalized spacial score (nSPS) is 15.8. The van der Waals surface area contributed by atoms with Gasteiger partial charge >= 0.3 is 0 Å². The molecule has 0 radical (unpaired) electrons. The summed E-state index contributed by atoms with van der Waals surface area (Å²) in [6.45, 7) is 4.15. The lowest BCUT2D eigenvalue weighted by Crippen LogP contribution is -2.34. The van der Waals surface area contributed by atoms with Crippen LogP contribution in [0.3, 0.4) is 0 Å². The van der Waals surface area contributed by atoms with Crippen LogP contribution in [0.15, 0.2) is 48.5 Å². The Morgan fingerprint density at radius 3 is 2.54 bits per heavy atom. The van der Waals surface area contributed by atoms with Gasteiger partial charge in [0.25, 0.3) is 0 Å². The number of amides is 1. The van der Waals surface area contributed by atoms with E-state index in [9.17, 15) is 4.79 Å². The van der Waals surface area contributed by atoms with Crippen LogP contribution in [0.25, 0.3) is 0 Å². The number of rotatable bonds is 7. The van der Waals surface area contributed by atoms with Crippen LogP contribution in [-0.4, -0.2) is 11.2 Å². The average molecular weight is 368 g/mol. The van der Waals surface area contributed by atoms with Crippen molar-refractivity contribution in [2.45, 2.75) is 63.0 Å². The molecule has 0 bridgehead atoms. The highest BCUT2D eigenvalue weighted by Gasteiger charge is 2.19. The first-order valence-corrected chi connectivity index (χ1v) is 10.8. The number of nitrogens with one attached hydrogen (secondary N) is 1. The summed E-state index contributed by atoms with van der Waals surface area (Å²) >= 11 is 1.70. The molecule has 3 rings (SSSR count). The molecule has 2 aromatic rings. The van der Waals surface area contributed by atoms with Gasteiger partial charge in [-0.3, -0.25) is 4.79 Å². The van der Waals surface area contributed by atoms with Crippen molar-refractivity contribution >= 4 is 17.7 Å². The van der Waals surface area contributed by atoms with Crippen molar-refractivity contribution in [3.63, 3.8) is 0 Å². The van der Waals surface area contributed by atoms with E-state index in [-0.39, 0.29) is 17.2 Å². The van der Waals surface area contributed by atoms with Crippen LogP contribution in [0.4, 0.5) is 0 Å². The molecule has 1 N–H and O–H groups in total. The molecule has 3 heteroatoms. The van der Waals surface area contributed by atoms with Crippen molar-refractivity contribution in [2.24, 2.45) is 0 Å². The Balaban J connectivity index is 1.59. The fourth-order valence-electron chi connectivity index (χ4n) is 3.55. The number of hydrogen-bond acceptors (Lipinski definition) is 2. The van der Waals surface area contributed by atoms with Crippen molar-refractivity contribution < 1.29 is 4.79 Å². The largest absolute Gasteiger partial charge is 0.348 e. The zero-order chi connectivity index (χ0) is 18.4. The number of carbonyl (C=O) groups is 1. The van der Waals surface area contributed by atoms with Gasteiger partial charge in [-0.25, -0.2) is 0 Å². The number of thioether (sulfide) groups is 1. The predicted molar refractivity (Wildman–Crippen MR) is 111 cm³/mol. The van der Waals surface area contributed by atoms with Gasteiger partial charge in [0, 0.05) is 5.75 Å². The van der Waals surface area contributed by atoms with Gasteiger partial charge in [0.15, 0.2) is 0 Å². The lowest BCUT2D eigenvalue weighted by molar-refractivity contribution is -0.121. The summed E-state index contributed by atoms with van der Waals surface area (Å²) < 4.78 is 0. The zero-order valence-corrected chi connectivity index (χ0v) is 16.6. The van der Waals surface area contributed by atoms with Crippen LogP contribution >= 0.6 is 11.8 Å². The third kappa shape index (κ3) is 4.91. The summed E-state index contributed by atoms with van der Waals surface area (Å²) in [7, 11) is 0. The molecule has 2 atom stereocenters. The van der Waals surface area contributed by atoms with E-state index in [1.807, 2.05) is 25.1 Å². The lowest BCUT2D eigenvalue weighted by Gasteiger charge is -2.23. The van der Waals surface area contributed by atoms with Crippen molar-refractivity contribution in [3.8, 4) is 0 Å². The Labute approximate surface area is 161 Å². The Morgan fingerprint density at radius 1 is 1.08 bits per heavy atom. The second-order valence-electron chi connectivity index (χ2n) is 7.14. The van der Waals surface area contributed by atoms with Gasteiger partial charge in [0.1, 0.15) is 0 Å². The van der Waals surface area contributed by atoms with E-state index in [1.165, 1.54) is 47.9 Å². The maximum Gasteiger partial charge on any atom is 0.233 e. The number of hydrogen-bond donors (Lipinski definition) is 1. The van der Waals surface area contributed by atoms with Gasteiger partial charge < -0.3 is 5.32 Å². The van der Waals surface area contributed by atoms with Crippen molar-refractivity contribution in [1.29, 1.82) is 0 Å². The minimum atomic E-state index is -0.0538. The fraction of sp³-hybridized carbons (Fsp3) is 0.435. The van der Waals surface area contributed by atoms with E-state index in [0.717, 1.165) is 12.2 Å². The molecule has 0 fully saturated rings. The molecular weight excluding hydrogens is 338 g/mol. The molecule has 0 aliphatic heterocycles. The molecule has 26 heavy (non-hydrogen) atoms. The molecule has 0 saturated heterocycles. The molecule has 0 aromatic heterocycles. The Kier molecular flexibility index (Phi) is 6.79. The Morgan fingerprint density at radius 2 is 1.81 bits per heavy atom. The Bertz CT molecular complexity index is 728. The van der Waals surface area contributed by atoms with E-state index in [2.05, 4.69) is 42.6 Å². The van der Waals surface area contributed by atoms with Gasteiger partial charge in [-0.15, -0.1) is 11.8 Å². The summed E-state index contributed by atoms with van der Waals surface area (Å²) in [5, 5.41) is 3.21. The van der Waals surface area contributed by atoms with Gasteiger partial charge in [0.2, 0.25) is 5.91 Å². The third-order valence-electron chi connectivity index (χ3n) is 5.21. The maximum atomic E-state index is 12.7. The molecule has 1 aliphatic rings. The third-order valence-corrected chi connectivity index (χ3v) is 6.43. The van der Waals surface area contributed by atoms with Crippen molar-refractivity contribution in [3.05, 3.63) is 70.8 Å². The summed E-state index contributed by atoms with van der Waals surface area (Å²) in [5.74, 6) is 1.00. The highest BCUT2D eigenvalue weighted by atomic mass is 32.2. The molecule has 0 heterocycles. The van der Waals surface area contributed by atoms with Gasteiger partial charge in [-0.05, 0) is 61.3 Å². The summed E-state index contributed by atoms with van der Waals surface area (Å²) in [6, 6.07) is 17.2. The van der Waals surface area contributed by atoms with Crippen molar-refractivity contribution in [1.82, 2.24) is 5.32 Å². The molecule has 2 unspecified atom stereocenters. The molecule has 138 valence electrons. The quantitative estimate of drug-likeness (QED) is 0.704. The van der Waals surface area contributed by atoms with Crippen LogP contribution in [0.1, 0.15) is 61.4 Å². The van der Waals surface area contributed by atoms with Crippen LogP contribution in [-0.2, 0) is 23.4 Å².